The van der Waals surface area contributed by atoms with Crippen molar-refractivity contribution < 1.29 is 55.2 Å². The minimum Gasteiger partial charge on any atom is -0.619 e. The number of amides is 1. The second-order valence-electron chi connectivity index (χ2n) is 18.5. The molecule has 5 aromatic rings. The summed E-state index contributed by atoms with van der Waals surface area (Å²) in [7, 11) is -3.95. The van der Waals surface area contributed by atoms with E-state index >= 15 is 0 Å². The number of halogens is 4. The highest BCUT2D eigenvalue weighted by Gasteiger charge is 2.38. The van der Waals surface area contributed by atoms with Gasteiger partial charge in [-0.3, -0.25) is 9.69 Å². The number of alkyl carbamates (subject to hydrolysis) is 1. The maximum Gasteiger partial charge on any atom is 0.408 e. The minimum absolute atomic E-state index is 0.0294. The Kier molecular flexibility index (Phi) is 15.8. The number of pyridine rings is 1. The number of carbonyl (C=O) groups excluding carboxylic acids is 2. The molecule has 1 saturated carbocycles. The zero-order valence-corrected chi connectivity index (χ0v) is 41.0. The number of nitrogens with one attached hydrogen (secondary N) is 1. The molecule has 10 rings (SSSR count). The first-order valence-electron chi connectivity index (χ1n) is 23.8. The van der Waals surface area contributed by atoms with Gasteiger partial charge in [0.25, 0.3) is 0 Å². The average Bonchev–Trinajstić information content (AvgIpc) is 4.21. The summed E-state index contributed by atoms with van der Waals surface area (Å²) in [4.78, 5) is 29.6. The van der Waals surface area contributed by atoms with Crippen LogP contribution < -0.4 is 24.3 Å². The average molecular weight is 1040 g/mol. The third-order valence-corrected chi connectivity index (χ3v) is 16.2. The predicted octanol–water partition coefficient (Wildman–Crippen LogP) is 9.43. The van der Waals surface area contributed by atoms with E-state index in [4.69, 9.17) is 46.9 Å². The number of hydrogen-bond acceptors (Lipinski definition) is 11. The number of nitrogens with zero attached hydrogens (tertiary/aromatic N) is 3. The quantitative estimate of drug-likeness (QED) is 0.0477. The molecule has 4 aromatic carbocycles. The molecule has 376 valence electrons. The maximum atomic E-state index is 13.9. The van der Waals surface area contributed by atoms with E-state index in [0.717, 1.165) is 74.4 Å². The van der Waals surface area contributed by atoms with Crippen LogP contribution in [0.5, 0.6) is 17.2 Å². The molecule has 5 aliphatic rings. The summed E-state index contributed by atoms with van der Waals surface area (Å²) in [6.45, 7) is 0.263. The van der Waals surface area contributed by atoms with E-state index in [0.29, 0.717) is 40.0 Å². The fourth-order valence-electron chi connectivity index (χ4n) is 9.43. The van der Waals surface area contributed by atoms with Crippen LogP contribution in [0.2, 0.25) is 10.0 Å². The van der Waals surface area contributed by atoms with Gasteiger partial charge in [0, 0.05) is 31.6 Å². The zero-order valence-electron chi connectivity index (χ0n) is 38.7. The summed E-state index contributed by atoms with van der Waals surface area (Å²) in [5.41, 5.74) is 3.11. The lowest BCUT2D eigenvalue weighted by Gasteiger charge is -2.43. The minimum atomic E-state index is -3.95. The van der Waals surface area contributed by atoms with Crippen molar-refractivity contribution in [1.29, 1.82) is 0 Å². The lowest BCUT2D eigenvalue weighted by Crippen LogP contribution is -2.52. The normalized spacial score (nSPS) is 20.2. The summed E-state index contributed by atoms with van der Waals surface area (Å²) in [5, 5.41) is 15.2. The van der Waals surface area contributed by atoms with E-state index in [2.05, 4.69) is 10.2 Å². The first-order valence-corrected chi connectivity index (χ1v) is 26.0. The number of fused-ring (bicyclic) bond motifs is 3. The van der Waals surface area contributed by atoms with Crippen LogP contribution in [0.25, 0.3) is 0 Å². The molecule has 2 bridgehead atoms. The van der Waals surface area contributed by atoms with Gasteiger partial charge in [-0.1, -0.05) is 83.9 Å². The van der Waals surface area contributed by atoms with Crippen LogP contribution in [0.1, 0.15) is 78.5 Å². The number of aromatic nitrogens is 1. The standard InChI is InChI=1S/C52H54Cl2F2N4O10S/c53-43-28-59(63)29-44(54)42(43)27-46(38-13-16-45(69-51(55)56)47(26-38)67-32-33-9-10-33)68-50(61)37-19-23-60(24-20-37)71(64,65)41-14-11-34(12-15-41)31-66-40-8-4-7-39(25-40)49(36-5-2-1-3-6-36)57-52(62)70-48-30-58-21-17-35(48)18-22-58/h1-8,11-16,25-26,28-29,33,35,37,46,48-49,51H,9-10,17-24,27,30-32H2,(H,57,62)/t46-,48-,49-/m0/s1. The molecule has 4 saturated heterocycles. The molecule has 0 unspecified atom stereocenters. The number of alkyl halides is 2. The monoisotopic (exact) mass is 1030 g/mol. The Morgan fingerprint density at radius 1 is 0.789 bits per heavy atom. The number of piperidine rings is 4. The Bertz CT molecular complexity index is 2750. The smallest absolute Gasteiger partial charge is 0.408 e. The van der Waals surface area contributed by atoms with Crippen molar-refractivity contribution in [2.45, 2.75) is 81.3 Å². The van der Waals surface area contributed by atoms with Crippen LogP contribution in [0.15, 0.2) is 114 Å². The highest BCUT2D eigenvalue weighted by molar-refractivity contribution is 7.89. The maximum absolute atomic E-state index is 13.9. The SMILES string of the molecule is O=C(N[C@@H](c1ccccc1)c1cccc(OCc2ccc(S(=O)(=O)N3CCC(C(=O)O[C@@H](Cc4c(Cl)c[n+]([O-])cc4Cl)c4ccc(OC(F)F)c(OCC5CC5)c4)CC3)cc2)c1)O[C@H]1CN2CCC1CC2. The number of hydrogen-bond donors (Lipinski definition) is 1. The predicted molar refractivity (Wildman–Crippen MR) is 259 cm³/mol. The van der Waals surface area contributed by atoms with Crippen molar-refractivity contribution in [1.82, 2.24) is 14.5 Å². The number of ether oxygens (including phenoxy) is 5. The molecule has 71 heavy (non-hydrogen) atoms. The summed E-state index contributed by atoms with van der Waals surface area (Å²) in [6.07, 6.45) is 4.78. The van der Waals surface area contributed by atoms with E-state index < -0.39 is 46.8 Å². The van der Waals surface area contributed by atoms with Gasteiger partial charge in [-0.2, -0.15) is 17.8 Å². The fourth-order valence-corrected chi connectivity index (χ4v) is 11.5. The van der Waals surface area contributed by atoms with Gasteiger partial charge in [-0.15, -0.1) is 0 Å². The molecule has 14 nitrogen and oxygen atoms in total. The molecule has 3 atom stereocenters. The first-order chi connectivity index (χ1) is 34.2. The van der Waals surface area contributed by atoms with Crippen molar-refractivity contribution in [3.05, 3.63) is 153 Å². The third-order valence-electron chi connectivity index (χ3n) is 13.6. The van der Waals surface area contributed by atoms with Crippen molar-refractivity contribution in [3.8, 4) is 17.2 Å². The molecular formula is C52H54Cl2F2N4O10S. The molecule has 4 aliphatic heterocycles. The van der Waals surface area contributed by atoms with Crippen LogP contribution in [0, 0.1) is 23.0 Å². The lowest BCUT2D eigenvalue weighted by molar-refractivity contribution is -0.605. The number of carbonyl (C=O) groups is 2. The Hall–Kier alpha value is -5.72. The second kappa shape index (κ2) is 22.4. The van der Waals surface area contributed by atoms with Crippen molar-refractivity contribution >= 4 is 45.3 Å². The number of benzene rings is 4. The fraction of sp³-hybridized carbons (Fsp3) is 0.404. The summed E-state index contributed by atoms with van der Waals surface area (Å²) in [6, 6.07) is 27.3. The number of sulfonamides is 1. The number of rotatable bonds is 19. The van der Waals surface area contributed by atoms with Crippen LogP contribution in [0.3, 0.4) is 0 Å². The lowest BCUT2D eigenvalue weighted by atomic mass is 9.86. The van der Waals surface area contributed by atoms with E-state index in [-0.39, 0.29) is 71.5 Å². The second-order valence-corrected chi connectivity index (χ2v) is 21.3. The Labute approximate surface area is 421 Å². The summed E-state index contributed by atoms with van der Waals surface area (Å²) >= 11 is 12.9. The van der Waals surface area contributed by atoms with E-state index in [1.54, 1.807) is 12.1 Å². The molecule has 1 aliphatic carbocycles. The topological polar surface area (TPSA) is 160 Å². The molecule has 0 spiro atoms. The Morgan fingerprint density at radius 3 is 2.15 bits per heavy atom. The molecule has 19 heteroatoms. The van der Waals surface area contributed by atoms with Crippen molar-refractivity contribution in [3.63, 3.8) is 0 Å². The van der Waals surface area contributed by atoms with Gasteiger partial charge in [0.05, 0.1) is 23.5 Å². The zero-order chi connectivity index (χ0) is 49.6. The van der Waals surface area contributed by atoms with E-state index in [9.17, 15) is 32.0 Å². The highest BCUT2D eigenvalue weighted by Crippen LogP contribution is 2.39. The van der Waals surface area contributed by atoms with E-state index in [1.165, 1.54) is 34.6 Å². The van der Waals surface area contributed by atoms with Gasteiger partial charge < -0.3 is 34.2 Å². The van der Waals surface area contributed by atoms with Crippen LogP contribution in [-0.2, 0) is 37.3 Å². The molecule has 0 radical (unpaired) electrons. The number of esters is 1. The van der Waals surface area contributed by atoms with Crippen molar-refractivity contribution in [2.24, 2.45) is 17.8 Å². The van der Waals surface area contributed by atoms with Gasteiger partial charge in [0.2, 0.25) is 10.0 Å². The Balaban J connectivity index is 0.819. The molecule has 1 amide bonds. The summed E-state index contributed by atoms with van der Waals surface area (Å²) < 4.78 is 85.1. The van der Waals surface area contributed by atoms with Crippen LogP contribution in [0.4, 0.5) is 13.6 Å². The molecule has 1 aromatic heterocycles. The highest BCUT2D eigenvalue weighted by atomic mass is 35.5. The van der Waals surface area contributed by atoms with Gasteiger partial charge >= 0.3 is 18.7 Å². The summed E-state index contributed by atoms with van der Waals surface area (Å²) in [5.74, 6) is -0.194. The first kappa shape index (κ1) is 50.2. The largest absolute Gasteiger partial charge is 0.619 e. The van der Waals surface area contributed by atoms with Gasteiger partial charge in [-0.05, 0) is 122 Å². The van der Waals surface area contributed by atoms with E-state index in [1.807, 2.05) is 54.6 Å². The van der Waals surface area contributed by atoms with Crippen molar-refractivity contribution in [2.75, 3.05) is 39.3 Å². The van der Waals surface area contributed by atoms with Gasteiger partial charge in [0.1, 0.15) is 34.6 Å². The molecule has 5 fully saturated rings. The molecule has 1 N–H and O–H groups in total. The van der Waals surface area contributed by atoms with Crippen LogP contribution >= 0.6 is 23.2 Å². The Morgan fingerprint density at radius 2 is 1.49 bits per heavy atom. The van der Waals surface area contributed by atoms with Gasteiger partial charge in [0.15, 0.2) is 23.9 Å². The molecule has 5 heterocycles. The van der Waals surface area contributed by atoms with Crippen LogP contribution in [-0.4, -0.2) is 81.7 Å². The van der Waals surface area contributed by atoms with Gasteiger partial charge in [-0.25, -0.2) is 13.2 Å². The molecular weight excluding hydrogens is 982 g/mol. The third kappa shape index (κ3) is 12.7.